The Morgan fingerprint density at radius 2 is 1.67 bits per heavy atom. The molecule has 2 aromatic rings. The van der Waals surface area contributed by atoms with Crippen molar-refractivity contribution < 1.29 is 20.1 Å². The maximum Gasteiger partial charge on any atom is 0.251 e. The Morgan fingerprint density at radius 3 is 2.17 bits per heavy atom. The van der Waals surface area contributed by atoms with Gasteiger partial charge < -0.3 is 20.6 Å². The number of hydrogen-bond donors (Lipinski definition) is 4. The van der Waals surface area contributed by atoms with E-state index in [0.29, 0.717) is 0 Å². The van der Waals surface area contributed by atoms with Crippen molar-refractivity contribution >= 4 is 21.8 Å². The standard InChI is InChI=1S/C18H18BrNO4/c1-10(18(6-7-18)12-2-4-13(19)5-3-12)20-17(24)11-8-14(21)16(23)15(22)9-11/h2-5,8-10,21-23H,6-7H2,1H3,(H,20,24). The first-order valence-electron chi connectivity index (χ1n) is 7.65. The molecule has 1 atom stereocenters. The van der Waals surface area contributed by atoms with Gasteiger partial charge >= 0.3 is 0 Å². The molecule has 126 valence electrons. The van der Waals surface area contributed by atoms with Gasteiger partial charge in [-0.15, -0.1) is 0 Å². The maximum atomic E-state index is 12.4. The van der Waals surface area contributed by atoms with Crippen LogP contribution in [0.25, 0.3) is 0 Å². The number of amides is 1. The Hall–Kier alpha value is -2.21. The van der Waals surface area contributed by atoms with Gasteiger partial charge in [0.05, 0.1) is 0 Å². The highest BCUT2D eigenvalue weighted by Crippen LogP contribution is 2.51. The lowest BCUT2D eigenvalue weighted by atomic mass is 9.89. The molecular weight excluding hydrogens is 374 g/mol. The molecule has 0 bridgehead atoms. The lowest BCUT2D eigenvalue weighted by Crippen LogP contribution is -2.41. The van der Waals surface area contributed by atoms with E-state index in [-0.39, 0.29) is 17.0 Å². The van der Waals surface area contributed by atoms with E-state index in [0.717, 1.165) is 29.4 Å². The van der Waals surface area contributed by atoms with Gasteiger partial charge in [-0.1, -0.05) is 28.1 Å². The normalized spacial score (nSPS) is 16.4. The molecule has 6 heteroatoms. The fraction of sp³-hybridized carbons (Fsp3) is 0.278. The predicted molar refractivity (Wildman–Crippen MR) is 93.4 cm³/mol. The number of aromatic hydroxyl groups is 3. The topological polar surface area (TPSA) is 89.8 Å². The fourth-order valence-corrected chi connectivity index (χ4v) is 3.31. The summed E-state index contributed by atoms with van der Waals surface area (Å²) in [5.41, 5.74) is 1.19. The molecule has 1 aliphatic rings. The van der Waals surface area contributed by atoms with Gasteiger partial charge in [0.2, 0.25) is 0 Å². The summed E-state index contributed by atoms with van der Waals surface area (Å²) in [6, 6.07) is 10.2. The summed E-state index contributed by atoms with van der Waals surface area (Å²) in [6.07, 6.45) is 1.98. The predicted octanol–water partition coefficient (Wildman–Crippen LogP) is 3.42. The average molecular weight is 392 g/mol. The minimum atomic E-state index is -0.631. The zero-order chi connectivity index (χ0) is 17.5. The molecule has 0 spiro atoms. The summed E-state index contributed by atoms with van der Waals surface area (Å²) in [4.78, 5) is 12.4. The van der Waals surface area contributed by atoms with E-state index in [1.807, 2.05) is 19.1 Å². The molecule has 0 aliphatic heterocycles. The van der Waals surface area contributed by atoms with Gasteiger partial charge in [-0.25, -0.2) is 0 Å². The lowest BCUT2D eigenvalue weighted by molar-refractivity contribution is 0.0931. The van der Waals surface area contributed by atoms with E-state index in [2.05, 4.69) is 33.4 Å². The molecule has 1 fully saturated rings. The van der Waals surface area contributed by atoms with Gasteiger partial charge in [-0.3, -0.25) is 4.79 Å². The van der Waals surface area contributed by atoms with Gasteiger partial charge in [-0.05, 0) is 49.6 Å². The fourth-order valence-electron chi connectivity index (χ4n) is 3.04. The number of hydrogen-bond acceptors (Lipinski definition) is 4. The summed E-state index contributed by atoms with van der Waals surface area (Å²) in [5.74, 6) is -2.09. The molecule has 1 saturated carbocycles. The number of nitrogens with one attached hydrogen (secondary N) is 1. The third-order valence-corrected chi connectivity index (χ3v) is 5.24. The second kappa shape index (κ2) is 6.02. The van der Waals surface area contributed by atoms with E-state index < -0.39 is 23.2 Å². The summed E-state index contributed by atoms with van der Waals surface area (Å²) >= 11 is 3.42. The third kappa shape index (κ3) is 2.94. The van der Waals surface area contributed by atoms with Crippen molar-refractivity contribution in [2.75, 3.05) is 0 Å². The molecule has 0 radical (unpaired) electrons. The number of halogens is 1. The van der Waals surface area contributed by atoms with Crippen molar-refractivity contribution in [1.29, 1.82) is 0 Å². The minimum absolute atomic E-state index is 0.0859. The molecule has 1 amide bonds. The molecule has 0 saturated heterocycles. The van der Waals surface area contributed by atoms with Gasteiger partial charge in [0.25, 0.3) is 5.91 Å². The van der Waals surface area contributed by atoms with Crippen LogP contribution in [0.3, 0.4) is 0 Å². The Kier molecular flexibility index (Phi) is 4.17. The summed E-state index contributed by atoms with van der Waals surface area (Å²) in [7, 11) is 0. The second-order valence-corrected chi connectivity index (χ2v) is 7.14. The molecular formula is C18H18BrNO4. The Balaban J connectivity index is 1.78. The average Bonchev–Trinajstić information content (AvgIpc) is 3.34. The zero-order valence-corrected chi connectivity index (χ0v) is 14.7. The number of rotatable bonds is 4. The second-order valence-electron chi connectivity index (χ2n) is 6.22. The summed E-state index contributed by atoms with van der Waals surface area (Å²) in [6.45, 7) is 1.95. The molecule has 5 nitrogen and oxygen atoms in total. The number of benzene rings is 2. The van der Waals surface area contributed by atoms with Crippen LogP contribution in [0.15, 0.2) is 40.9 Å². The Labute approximate surface area is 148 Å². The number of carbonyl (C=O) groups is 1. The maximum absolute atomic E-state index is 12.4. The van der Waals surface area contributed by atoms with Crippen molar-refractivity contribution in [2.24, 2.45) is 0 Å². The van der Waals surface area contributed by atoms with E-state index in [1.54, 1.807) is 0 Å². The van der Waals surface area contributed by atoms with Crippen LogP contribution in [0.2, 0.25) is 0 Å². The highest BCUT2D eigenvalue weighted by Gasteiger charge is 2.49. The van der Waals surface area contributed by atoms with E-state index in [9.17, 15) is 20.1 Å². The van der Waals surface area contributed by atoms with Crippen molar-refractivity contribution in [3.63, 3.8) is 0 Å². The van der Waals surface area contributed by atoms with Crippen LogP contribution in [0.1, 0.15) is 35.7 Å². The number of carbonyl (C=O) groups excluding carboxylic acids is 1. The van der Waals surface area contributed by atoms with E-state index in [1.165, 1.54) is 5.56 Å². The Bertz CT molecular complexity index is 761. The van der Waals surface area contributed by atoms with Crippen LogP contribution in [-0.2, 0) is 5.41 Å². The molecule has 0 aromatic heterocycles. The first kappa shape index (κ1) is 16.6. The first-order chi connectivity index (χ1) is 11.3. The first-order valence-corrected chi connectivity index (χ1v) is 8.44. The van der Waals surface area contributed by atoms with Crippen molar-refractivity contribution in [1.82, 2.24) is 5.32 Å². The van der Waals surface area contributed by atoms with Gasteiger partial charge in [0.1, 0.15) is 0 Å². The van der Waals surface area contributed by atoms with Crippen LogP contribution < -0.4 is 5.32 Å². The number of phenolic OH excluding ortho intramolecular Hbond substituents is 3. The van der Waals surface area contributed by atoms with Crippen molar-refractivity contribution in [3.05, 3.63) is 52.0 Å². The van der Waals surface area contributed by atoms with Crippen molar-refractivity contribution in [3.8, 4) is 17.2 Å². The Morgan fingerprint density at radius 1 is 1.12 bits per heavy atom. The molecule has 3 rings (SSSR count). The quantitative estimate of drug-likeness (QED) is 0.601. The zero-order valence-electron chi connectivity index (χ0n) is 13.1. The summed E-state index contributed by atoms with van der Waals surface area (Å²) in [5, 5.41) is 31.4. The van der Waals surface area contributed by atoms with Crippen LogP contribution in [0.4, 0.5) is 0 Å². The molecule has 24 heavy (non-hydrogen) atoms. The lowest BCUT2D eigenvalue weighted by Gasteiger charge is -2.25. The number of phenols is 3. The molecule has 1 aliphatic carbocycles. The van der Waals surface area contributed by atoms with Crippen LogP contribution >= 0.6 is 15.9 Å². The molecule has 4 N–H and O–H groups in total. The van der Waals surface area contributed by atoms with Crippen LogP contribution in [0, 0.1) is 0 Å². The SMILES string of the molecule is CC(NC(=O)c1cc(O)c(O)c(O)c1)C1(c2ccc(Br)cc2)CC1. The van der Waals surface area contributed by atoms with Gasteiger partial charge in [0.15, 0.2) is 17.2 Å². The smallest absolute Gasteiger partial charge is 0.251 e. The van der Waals surface area contributed by atoms with E-state index >= 15 is 0 Å². The van der Waals surface area contributed by atoms with Crippen LogP contribution in [0.5, 0.6) is 17.2 Å². The molecule has 0 heterocycles. The van der Waals surface area contributed by atoms with E-state index in [4.69, 9.17) is 0 Å². The molecule has 1 unspecified atom stereocenters. The summed E-state index contributed by atoms with van der Waals surface area (Å²) < 4.78 is 1.01. The molecule has 2 aromatic carbocycles. The minimum Gasteiger partial charge on any atom is -0.504 e. The van der Waals surface area contributed by atoms with Gasteiger partial charge in [-0.2, -0.15) is 0 Å². The highest BCUT2D eigenvalue weighted by atomic mass is 79.9. The largest absolute Gasteiger partial charge is 0.504 e. The van der Waals surface area contributed by atoms with Crippen LogP contribution in [-0.4, -0.2) is 27.3 Å². The monoisotopic (exact) mass is 391 g/mol. The third-order valence-electron chi connectivity index (χ3n) is 4.72. The highest BCUT2D eigenvalue weighted by molar-refractivity contribution is 9.10. The van der Waals surface area contributed by atoms with Gasteiger partial charge in [0, 0.05) is 21.5 Å². The van der Waals surface area contributed by atoms with Crippen molar-refractivity contribution in [2.45, 2.75) is 31.2 Å².